The number of nitrogens with one attached hydrogen (secondary N) is 1. The fraction of sp³-hybridized carbons (Fsp3) is 0.312. The first kappa shape index (κ1) is 14.1. The first-order valence-corrected chi connectivity index (χ1v) is 7.27. The number of anilines is 1. The molecule has 1 amide bonds. The van der Waals surface area contributed by atoms with Crippen LogP contribution in [0.1, 0.15) is 20.8 Å². The highest BCUT2D eigenvalue weighted by Gasteiger charge is 2.16. The van der Waals surface area contributed by atoms with E-state index >= 15 is 0 Å². The smallest absolute Gasteiger partial charge is 0.227 e. The molecule has 0 aliphatic rings. The third kappa shape index (κ3) is 3.35. The van der Waals surface area contributed by atoms with E-state index in [1.165, 1.54) is 0 Å². The van der Waals surface area contributed by atoms with Crippen LogP contribution in [0.3, 0.4) is 0 Å². The first-order chi connectivity index (χ1) is 8.97. The summed E-state index contributed by atoms with van der Waals surface area (Å²) in [6, 6.07) is 12.1. The van der Waals surface area contributed by atoms with E-state index in [1.54, 1.807) is 0 Å². The molecule has 0 aromatic heterocycles. The van der Waals surface area contributed by atoms with Crippen molar-refractivity contribution in [1.29, 1.82) is 0 Å². The summed E-state index contributed by atoms with van der Waals surface area (Å²) in [4.78, 5) is 12.0. The molecular weight excluding hydrogens is 302 g/mol. The highest BCUT2D eigenvalue weighted by atomic mass is 79.9. The Kier molecular flexibility index (Phi) is 4.25. The zero-order valence-corrected chi connectivity index (χ0v) is 13.0. The van der Waals surface area contributed by atoms with Crippen LogP contribution in [0.15, 0.2) is 40.9 Å². The summed E-state index contributed by atoms with van der Waals surface area (Å²) in [5.41, 5.74) is 0.854. The molecule has 2 rings (SSSR count). The van der Waals surface area contributed by atoms with Gasteiger partial charge in [0.15, 0.2) is 0 Å². The van der Waals surface area contributed by atoms with Crippen molar-refractivity contribution in [2.45, 2.75) is 20.8 Å². The van der Waals surface area contributed by atoms with Gasteiger partial charge in [0.2, 0.25) is 5.91 Å². The van der Waals surface area contributed by atoms with Gasteiger partial charge in [-0.1, -0.05) is 48.8 Å². The monoisotopic (exact) mass is 319 g/mol. The van der Waals surface area contributed by atoms with Crippen molar-refractivity contribution in [2.24, 2.45) is 11.8 Å². The lowest BCUT2D eigenvalue weighted by molar-refractivity contribution is -0.120. The van der Waals surface area contributed by atoms with Crippen molar-refractivity contribution in [3.63, 3.8) is 0 Å². The maximum absolute atomic E-state index is 12.0. The number of rotatable bonds is 3. The molecule has 100 valence electrons. The van der Waals surface area contributed by atoms with Crippen LogP contribution in [0, 0.1) is 11.8 Å². The zero-order valence-electron chi connectivity index (χ0n) is 11.4. The number of halogens is 1. The van der Waals surface area contributed by atoms with E-state index in [0.717, 1.165) is 20.9 Å². The molecule has 1 unspecified atom stereocenters. The SMILES string of the molecule is CC(C)C(C)C(=O)Nc1ccc2cc(Br)ccc2c1. The van der Waals surface area contributed by atoms with Crippen molar-refractivity contribution in [3.8, 4) is 0 Å². The maximum atomic E-state index is 12.0. The maximum Gasteiger partial charge on any atom is 0.227 e. The van der Waals surface area contributed by atoms with Gasteiger partial charge in [-0.3, -0.25) is 4.79 Å². The Balaban J connectivity index is 2.22. The Morgan fingerprint density at radius 2 is 1.68 bits per heavy atom. The topological polar surface area (TPSA) is 29.1 Å². The summed E-state index contributed by atoms with van der Waals surface area (Å²) in [5.74, 6) is 0.434. The molecule has 2 nitrogen and oxygen atoms in total. The minimum absolute atomic E-state index is 0.0145. The number of amides is 1. The fourth-order valence-corrected chi connectivity index (χ4v) is 2.23. The molecule has 1 N–H and O–H groups in total. The molecule has 0 heterocycles. The van der Waals surface area contributed by atoms with E-state index in [9.17, 15) is 4.79 Å². The molecule has 0 aliphatic carbocycles. The highest BCUT2D eigenvalue weighted by Crippen LogP contribution is 2.23. The van der Waals surface area contributed by atoms with Gasteiger partial charge in [0, 0.05) is 16.1 Å². The standard InChI is InChI=1S/C16H18BrNO/c1-10(2)11(3)16(19)18-15-7-5-12-8-14(17)6-4-13(12)9-15/h4-11H,1-3H3,(H,18,19). The van der Waals surface area contributed by atoms with E-state index in [1.807, 2.05) is 37.3 Å². The molecule has 3 heteroatoms. The number of carbonyl (C=O) groups is 1. The molecule has 0 saturated heterocycles. The van der Waals surface area contributed by atoms with Gasteiger partial charge in [-0.15, -0.1) is 0 Å². The summed E-state index contributed by atoms with van der Waals surface area (Å²) in [5, 5.41) is 5.26. The Hall–Kier alpha value is -1.35. The summed E-state index contributed by atoms with van der Waals surface area (Å²) >= 11 is 3.46. The normalized spacial score (nSPS) is 12.7. The second-order valence-electron chi connectivity index (χ2n) is 5.23. The van der Waals surface area contributed by atoms with Crippen LogP contribution >= 0.6 is 15.9 Å². The van der Waals surface area contributed by atoms with E-state index < -0.39 is 0 Å². The molecule has 0 saturated carbocycles. The van der Waals surface area contributed by atoms with Crippen LogP contribution < -0.4 is 5.32 Å². The number of hydrogen-bond acceptors (Lipinski definition) is 1. The zero-order chi connectivity index (χ0) is 14.0. The molecule has 19 heavy (non-hydrogen) atoms. The van der Waals surface area contributed by atoms with Gasteiger partial charge < -0.3 is 5.32 Å². The van der Waals surface area contributed by atoms with Crippen molar-refractivity contribution < 1.29 is 4.79 Å². The largest absolute Gasteiger partial charge is 0.326 e. The van der Waals surface area contributed by atoms with Gasteiger partial charge in [-0.25, -0.2) is 0 Å². The molecule has 0 radical (unpaired) electrons. The summed E-state index contributed by atoms with van der Waals surface area (Å²) in [6.07, 6.45) is 0. The lowest BCUT2D eigenvalue weighted by Crippen LogP contribution is -2.24. The second kappa shape index (κ2) is 5.74. The lowest BCUT2D eigenvalue weighted by Gasteiger charge is -2.15. The third-order valence-electron chi connectivity index (χ3n) is 3.48. The number of benzene rings is 2. The molecule has 0 bridgehead atoms. The van der Waals surface area contributed by atoms with Crippen LogP contribution in [-0.2, 0) is 4.79 Å². The van der Waals surface area contributed by atoms with Gasteiger partial charge in [-0.2, -0.15) is 0 Å². The Morgan fingerprint density at radius 3 is 2.37 bits per heavy atom. The van der Waals surface area contributed by atoms with Gasteiger partial charge in [0.05, 0.1) is 0 Å². The molecule has 0 spiro atoms. The number of carbonyl (C=O) groups excluding carboxylic acids is 1. The minimum Gasteiger partial charge on any atom is -0.326 e. The van der Waals surface area contributed by atoms with E-state index in [2.05, 4.69) is 41.2 Å². The molecule has 0 aliphatic heterocycles. The Morgan fingerprint density at radius 1 is 1.05 bits per heavy atom. The van der Waals surface area contributed by atoms with Gasteiger partial charge in [0.25, 0.3) is 0 Å². The molecule has 2 aromatic carbocycles. The highest BCUT2D eigenvalue weighted by molar-refractivity contribution is 9.10. The lowest BCUT2D eigenvalue weighted by atomic mass is 9.97. The molecule has 2 aromatic rings. The average molecular weight is 320 g/mol. The van der Waals surface area contributed by atoms with Crippen LogP contribution in [0.5, 0.6) is 0 Å². The average Bonchev–Trinajstić information content (AvgIpc) is 2.37. The predicted molar refractivity (Wildman–Crippen MR) is 84.3 cm³/mol. The minimum atomic E-state index is 0.0145. The number of fused-ring (bicyclic) bond motifs is 1. The van der Waals surface area contributed by atoms with Crippen LogP contribution in [0.25, 0.3) is 10.8 Å². The fourth-order valence-electron chi connectivity index (χ4n) is 1.85. The van der Waals surface area contributed by atoms with Crippen molar-refractivity contribution in [2.75, 3.05) is 5.32 Å². The summed E-state index contributed by atoms with van der Waals surface area (Å²) < 4.78 is 1.06. The summed E-state index contributed by atoms with van der Waals surface area (Å²) in [6.45, 7) is 6.07. The molecule has 0 fully saturated rings. The number of hydrogen-bond donors (Lipinski definition) is 1. The third-order valence-corrected chi connectivity index (χ3v) is 3.98. The second-order valence-corrected chi connectivity index (χ2v) is 6.14. The first-order valence-electron chi connectivity index (χ1n) is 6.47. The van der Waals surface area contributed by atoms with Crippen molar-refractivity contribution in [1.82, 2.24) is 0 Å². The molecule has 1 atom stereocenters. The van der Waals surface area contributed by atoms with Crippen LogP contribution in [0.4, 0.5) is 5.69 Å². The van der Waals surface area contributed by atoms with Crippen molar-refractivity contribution >= 4 is 38.3 Å². The van der Waals surface area contributed by atoms with E-state index in [-0.39, 0.29) is 11.8 Å². The van der Waals surface area contributed by atoms with Crippen LogP contribution in [0.2, 0.25) is 0 Å². The molecular formula is C16H18BrNO. The van der Waals surface area contributed by atoms with E-state index in [4.69, 9.17) is 0 Å². The van der Waals surface area contributed by atoms with Crippen molar-refractivity contribution in [3.05, 3.63) is 40.9 Å². The van der Waals surface area contributed by atoms with Gasteiger partial charge in [-0.05, 0) is 41.0 Å². The quantitative estimate of drug-likeness (QED) is 0.862. The van der Waals surface area contributed by atoms with Crippen LogP contribution in [-0.4, -0.2) is 5.91 Å². The van der Waals surface area contributed by atoms with E-state index in [0.29, 0.717) is 5.92 Å². The predicted octanol–water partition coefficient (Wildman–Crippen LogP) is 4.83. The Labute approximate surface area is 122 Å². The van der Waals surface area contributed by atoms with Gasteiger partial charge in [0.1, 0.15) is 0 Å². The summed E-state index contributed by atoms with van der Waals surface area (Å²) in [7, 11) is 0. The Bertz CT molecular complexity index is 607. The van der Waals surface area contributed by atoms with Gasteiger partial charge >= 0.3 is 0 Å².